The molecule has 1 N–H and O–H groups in total. The van der Waals surface area contributed by atoms with Crippen molar-refractivity contribution in [2.45, 2.75) is 32.8 Å². The number of ether oxygens (including phenoxy) is 1. The second-order valence-corrected chi connectivity index (χ2v) is 6.62. The number of rotatable bonds is 8. The molecule has 0 aliphatic rings. The first-order valence-electron chi connectivity index (χ1n) is 8.66. The molecule has 0 radical (unpaired) electrons. The third-order valence-electron chi connectivity index (χ3n) is 3.96. The van der Waals surface area contributed by atoms with Crippen LogP contribution in [0, 0.1) is 0 Å². The van der Waals surface area contributed by atoms with Crippen LogP contribution < -0.4 is 5.32 Å². The molecule has 0 unspecified atom stereocenters. The molecule has 0 aromatic heterocycles. The summed E-state index contributed by atoms with van der Waals surface area (Å²) in [6.07, 6.45) is -1.18. The van der Waals surface area contributed by atoms with Gasteiger partial charge in [-0.3, -0.25) is 19.2 Å². The van der Waals surface area contributed by atoms with Crippen LogP contribution in [-0.4, -0.2) is 29.5 Å². The summed E-state index contributed by atoms with van der Waals surface area (Å²) in [4.78, 5) is 47.3. The molecule has 2 rings (SSSR count). The highest BCUT2D eigenvalue weighted by Gasteiger charge is 2.19. The smallest absolute Gasteiger partial charge is 0.307 e. The summed E-state index contributed by atoms with van der Waals surface area (Å²) in [5, 5.41) is 3.12. The van der Waals surface area contributed by atoms with Crippen LogP contribution in [0.1, 0.15) is 47.4 Å². The SMILES string of the molecule is CC(=O)c1ccc(NC(=O)[C@@H](C)OC(=O)CCC(=O)c2ccc(Cl)cc2)cc1. The molecule has 0 spiro atoms. The fourth-order valence-corrected chi connectivity index (χ4v) is 2.46. The lowest BCUT2D eigenvalue weighted by molar-refractivity contribution is -0.153. The highest BCUT2D eigenvalue weighted by molar-refractivity contribution is 6.30. The third-order valence-corrected chi connectivity index (χ3v) is 4.21. The summed E-state index contributed by atoms with van der Waals surface area (Å²) >= 11 is 5.77. The number of hydrogen-bond acceptors (Lipinski definition) is 5. The van der Waals surface area contributed by atoms with Crippen LogP contribution >= 0.6 is 11.6 Å². The molecule has 2 aromatic rings. The van der Waals surface area contributed by atoms with Crippen LogP contribution in [0.5, 0.6) is 0 Å². The molecule has 0 heterocycles. The Hall–Kier alpha value is -2.99. The Morgan fingerprint density at radius 1 is 0.929 bits per heavy atom. The van der Waals surface area contributed by atoms with Gasteiger partial charge >= 0.3 is 5.97 Å². The van der Waals surface area contributed by atoms with E-state index in [0.29, 0.717) is 21.8 Å². The zero-order chi connectivity index (χ0) is 20.7. The van der Waals surface area contributed by atoms with E-state index in [1.807, 2.05) is 0 Å². The number of halogens is 1. The van der Waals surface area contributed by atoms with Gasteiger partial charge in [-0.1, -0.05) is 11.6 Å². The maximum Gasteiger partial charge on any atom is 0.307 e. The zero-order valence-electron chi connectivity index (χ0n) is 15.5. The van der Waals surface area contributed by atoms with Crippen molar-refractivity contribution in [2.24, 2.45) is 0 Å². The van der Waals surface area contributed by atoms with Crippen LogP contribution in [0.15, 0.2) is 48.5 Å². The van der Waals surface area contributed by atoms with Gasteiger partial charge in [0.2, 0.25) is 0 Å². The summed E-state index contributed by atoms with van der Waals surface area (Å²) in [5.41, 5.74) is 1.47. The van der Waals surface area contributed by atoms with Crippen LogP contribution in [-0.2, 0) is 14.3 Å². The van der Waals surface area contributed by atoms with Crippen LogP contribution in [0.3, 0.4) is 0 Å². The average Bonchev–Trinajstić information content (AvgIpc) is 2.67. The van der Waals surface area contributed by atoms with Crippen LogP contribution in [0.4, 0.5) is 5.69 Å². The molecular weight excluding hydrogens is 382 g/mol. The molecule has 0 aliphatic carbocycles. The Kier molecular flexibility index (Phi) is 7.46. The second-order valence-electron chi connectivity index (χ2n) is 6.18. The third kappa shape index (κ3) is 6.32. The maximum absolute atomic E-state index is 12.1. The molecule has 0 saturated carbocycles. The summed E-state index contributed by atoms with van der Waals surface area (Å²) < 4.78 is 5.07. The van der Waals surface area contributed by atoms with E-state index in [2.05, 4.69) is 5.32 Å². The van der Waals surface area contributed by atoms with E-state index in [-0.39, 0.29) is 24.4 Å². The number of amides is 1. The number of benzene rings is 2. The first-order chi connectivity index (χ1) is 13.3. The molecule has 7 heteroatoms. The van der Waals surface area contributed by atoms with E-state index in [1.54, 1.807) is 48.5 Å². The summed E-state index contributed by atoms with van der Waals surface area (Å²) in [6, 6.07) is 12.7. The van der Waals surface area contributed by atoms with Gasteiger partial charge in [-0.15, -0.1) is 0 Å². The monoisotopic (exact) mass is 401 g/mol. The summed E-state index contributed by atoms with van der Waals surface area (Å²) in [5.74, 6) is -1.44. The Balaban J connectivity index is 1.80. The van der Waals surface area contributed by atoms with E-state index in [0.717, 1.165) is 0 Å². The van der Waals surface area contributed by atoms with Crippen molar-refractivity contribution in [1.29, 1.82) is 0 Å². The Labute approximate surface area is 167 Å². The fourth-order valence-electron chi connectivity index (χ4n) is 2.34. The standard InChI is InChI=1S/C21H20ClNO5/c1-13(24)15-5-9-18(10-6-15)23-21(27)14(2)28-20(26)12-11-19(25)16-3-7-17(22)8-4-16/h3-10,14H,11-12H2,1-2H3,(H,23,27)/t14-/m1/s1. The van der Waals surface area contributed by atoms with E-state index in [9.17, 15) is 19.2 Å². The molecule has 1 atom stereocenters. The van der Waals surface area contributed by atoms with Crippen molar-refractivity contribution in [3.05, 3.63) is 64.7 Å². The van der Waals surface area contributed by atoms with Crippen molar-refractivity contribution >= 4 is 40.7 Å². The normalized spacial score (nSPS) is 11.4. The zero-order valence-corrected chi connectivity index (χ0v) is 16.3. The molecule has 0 fully saturated rings. The second kappa shape index (κ2) is 9.80. The number of ketones is 2. The van der Waals surface area contributed by atoms with Crippen molar-refractivity contribution in [2.75, 3.05) is 5.32 Å². The number of carbonyl (C=O) groups is 4. The molecule has 6 nitrogen and oxygen atoms in total. The molecule has 0 aliphatic heterocycles. The lowest BCUT2D eigenvalue weighted by atomic mass is 10.1. The molecule has 146 valence electrons. The van der Waals surface area contributed by atoms with E-state index < -0.39 is 18.0 Å². The number of Topliss-reactive ketones (excluding diaryl/α,β-unsaturated/α-hetero) is 2. The topological polar surface area (TPSA) is 89.5 Å². The number of esters is 1. The largest absolute Gasteiger partial charge is 0.453 e. The van der Waals surface area contributed by atoms with Gasteiger partial charge in [-0.2, -0.15) is 0 Å². The minimum absolute atomic E-state index is 0.0265. The van der Waals surface area contributed by atoms with Crippen molar-refractivity contribution in [1.82, 2.24) is 0 Å². The number of nitrogens with one attached hydrogen (secondary N) is 1. The Morgan fingerprint density at radius 2 is 1.50 bits per heavy atom. The molecule has 1 amide bonds. The molecular formula is C21H20ClNO5. The van der Waals surface area contributed by atoms with Gasteiger partial charge in [-0.25, -0.2) is 0 Å². The first-order valence-corrected chi connectivity index (χ1v) is 9.04. The van der Waals surface area contributed by atoms with Crippen LogP contribution in [0.25, 0.3) is 0 Å². The maximum atomic E-state index is 12.1. The van der Waals surface area contributed by atoms with Gasteiger partial charge in [0.1, 0.15) is 0 Å². The van der Waals surface area contributed by atoms with E-state index in [4.69, 9.17) is 16.3 Å². The van der Waals surface area contributed by atoms with Gasteiger partial charge in [0.25, 0.3) is 5.91 Å². The van der Waals surface area contributed by atoms with E-state index >= 15 is 0 Å². The molecule has 0 bridgehead atoms. The van der Waals surface area contributed by atoms with Crippen molar-refractivity contribution in [3.8, 4) is 0 Å². The Bertz CT molecular complexity index is 875. The fraction of sp³-hybridized carbons (Fsp3) is 0.238. The quantitative estimate of drug-likeness (QED) is 0.531. The predicted octanol–water partition coefficient (Wildman–Crippen LogP) is 4.08. The van der Waals surface area contributed by atoms with Crippen molar-refractivity contribution < 1.29 is 23.9 Å². The van der Waals surface area contributed by atoms with Gasteiger partial charge in [0.05, 0.1) is 6.42 Å². The minimum atomic E-state index is -1.02. The van der Waals surface area contributed by atoms with Gasteiger partial charge in [0.15, 0.2) is 17.7 Å². The minimum Gasteiger partial charge on any atom is -0.453 e. The van der Waals surface area contributed by atoms with Crippen molar-refractivity contribution in [3.63, 3.8) is 0 Å². The summed E-state index contributed by atoms with van der Waals surface area (Å²) in [6.45, 7) is 2.89. The number of hydrogen-bond donors (Lipinski definition) is 1. The molecule has 2 aromatic carbocycles. The van der Waals surface area contributed by atoms with Crippen LogP contribution in [0.2, 0.25) is 5.02 Å². The lowest BCUT2D eigenvalue weighted by Gasteiger charge is -2.13. The number of carbonyl (C=O) groups excluding carboxylic acids is 4. The van der Waals surface area contributed by atoms with E-state index in [1.165, 1.54) is 13.8 Å². The molecule has 28 heavy (non-hydrogen) atoms. The highest BCUT2D eigenvalue weighted by Crippen LogP contribution is 2.13. The lowest BCUT2D eigenvalue weighted by Crippen LogP contribution is -2.30. The van der Waals surface area contributed by atoms with Gasteiger partial charge < -0.3 is 10.1 Å². The van der Waals surface area contributed by atoms with Gasteiger partial charge in [0, 0.05) is 28.3 Å². The summed E-state index contributed by atoms with van der Waals surface area (Å²) in [7, 11) is 0. The predicted molar refractivity (Wildman–Crippen MR) is 106 cm³/mol. The average molecular weight is 402 g/mol. The number of anilines is 1. The molecule has 0 saturated heterocycles. The van der Waals surface area contributed by atoms with Gasteiger partial charge in [-0.05, 0) is 62.4 Å². The Morgan fingerprint density at radius 3 is 2.07 bits per heavy atom. The highest BCUT2D eigenvalue weighted by atomic mass is 35.5. The first kappa shape index (κ1) is 21.3.